The highest BCUT2D eigenvalue weighted by Crippen LogP contribution is 2.22. The van der Waals surface area contributed by atoms with Crippen LogP contribution < -0.4 is 4.90 Å². The fourth-order valence-corrected chi connectivity index (χ4v) is 2.02. The number of fused-ring (bicyclic) bond motifs is 1. The van der Waals surface area contributed by atoms with Gasteiger partial charge in [-0.05, 0) is 25.0 Å². The number of nitrogens with zero attached hydrogens (tertiary/aromatic N) is 2. The molecule has 1 aromatic carbocycles. The smallest absolute Gasteiger partial charge is 0.303 e. The Balaban J connectivity index is 1.96. The van der Waals surface area contributed by atoms with E-state index in [2.05, 4.69) is 9.88 Å². The van der Waals surface area contributed by atoms with Crippen molar-refractivity contribution in [1.82, 2.24) is 4.98 Å². The number of hydrogen-bond donors (Lipinski definition) is 1. The van der Waals surface area contributed by atoms with Gasteiger partial charge >= 0.3 is 5.97 Å². The van der Waals surface area contributed by atoms with Crippen LogP contribution in [0, 0.1) is 6.92 Å². The second kappa shape index (κ2) is 5.73. The van der Waals surface area contributed by atoms with Crippen LogP contribution in [-0.2, 0) is 4.79 Å². The zero-order chi connectivity index (χ0) is 13.8. The summed E-state index contributed by atoms with van der Waals surface area (Å²) < 4.78 is 5.50. The number of hydrogen-bond acceptors (Lipinski definition) is 4. The molecule has 0 spiro atoms. The Morgan fingerprint density at radius 1 is 1.42 bits per heavy atom. The van der Waals surface area contributed by atoms with Crippen molar-refractivity contribution in [3.8, 4) is 0 Å². The molecular weight excluding hydrogens is 244 g/mol. The molecule has 0 aliphatic carbocycles. The van der Waals surface area contributed by atoms with Gasteiger partial charge in [-0.2, -0.15) is 0 Å². The van der Waals surface area contributed by atoms with E-state index in [1.165, 1.54) is 0 Å². The van der Waals surface area contributed by atoms with Crippen LogP contribution in [0.25, 0.3) is 11.1 Å². The van der Waals surface area contributed by atoms with Crippen LogP contribution in [-0.4, -0.2) is 29.7 Å². The summed E-state index contributed by atoms with van der Waals surface area (Å²) in [7, 11) is 1.99. The lowest BCUT2D eigenvalue weighted by molar-refractivity contribution is -0.137. The van der Waals surface area contributed by atoms with Crippen molar-refractivity contribution in [1.29, 1.82) is 0 Å². The summed E-state index contributed by atoms with van der Waals surface area (Å²) in [5, 5.41) is 8.58. The maximum atomic E-state index is 10.4. The van der Waals surface area contributed by atoms with Crippen molar-refractivity contribution < 1.29 is 14.3 Å². The minimum absolute atomic E-state index is 0.230. The minimum Gasteiger partial charge on any atom is -0.481 e. The van der Waals surface area contributed by atoms with E-state index in [9.17, 15) is 4.79 Å². The molecule has 5 nitrogen and oxygen atoms in total. The number of aryl methyl sites for hydroxylation is 1. The number of carbonyl (C=O) groups is 1. The Kier molecular flexibility index (Phi) is 4.04. The molecule has 2 rings (SSSR count). The number of rotatable bonds is 6. The Hall–Kier alpha value is -2.04. The molecule has 1 aromatic heterocycles. The van der Waals surface area contributed by atoms with E-state index in [0.717, 1.165) is 29.8 Å². The molecule has 0 saturated carbocycles. The van der Waals surface area contributed by atoms with Gasteiger partial charge in [-0.1, -0.05) is 0 Å². The molecule has 0 atom stereocenters. The van der Waals surface area contributed by atoms with Gasteiger partial charge in [0, 0.05) is 38.7 Å². The van der Waals surface area contributed by atoms with Crippen LogP contribution in [0.2, 0.25) is 0 Å². The maximum absolute atomic E-state index is 10.4. The molecule has 0 aliphatic heterocycles. The third kappa shape index (κ3) is 3.47. The van der Waals surface area contributed by atoms with Gasteiger partial charge in [0.2, 0.25) is 0 Å². The fourth-order valence-electron chi connectivity index (χ4n) is 2.02. The number of aromatic nitrogens is 1. The topological polar surface area (TPSA) is 66.6 Å². The second-order valence-corrected chi connectivity index (χ2v) is 4.66. The number of carboxylic acids is 1. The second-order valence-electron chi connectivity index (χ2n) is 4.66. The lowest BCUT2D eigenvalue weighted by Crippen LogP contribution is -2.18. The van der Waals surface area contributed by atoms with E-state index in [4.69, 9.17) is 9.52 Å². The SMILES string of the molecule is Cc1nc2ccc(N(C)CCCCC(=O)O)cc2o1. The van der Waals surface area contributed by atoms with Crippen molar-refractivity contribution in [3.63, 3.8) is 0 Å². The van der Waals surface area contributed by atoms with E-state index in [1.807, 2.05) is 32.2 Å². The third-order valence-electron chi connectivity index (χ3n) is 3.05. The van der Waals surface area contributed by atoms with Gasteiger partial charge in [0.05, 0.1) is 0 Å². The number of anilines is 1. The van der Waals surface area contributed by atoms with Gasteiger partial charge in [0.25, 0.3) is 0 Å². The van der Waals surface area contributed by atoms with Crippen LogP contribution in [0.15, 0.2) is 22.6 Å². The van der Waals surface area contributed by atoms with Crippen molar-refractivity contribution in [2.24, 2.45) is 0 Å². The highest BCUT2D eigenvalue weighted by Gasteiger charge is 2.06. The molecule has 2 aromatic rings. The molecule has 0 fully saturated rings. The summed E-state index contributed by atoms with van der Waals surface area (Å²) in [5.41, 5.74) is 2.70. The highest BCUT2D eigenvalue weighted by molar-refractivity contribution is 5.77. The fraction of sp³-hybridized carbons (Fsp3) is 0.429. The average Bonchev–Trinajstić information content (AvgIpc) is 2.73. The first kappa shape index (κ1) is 13.4. The van der Waals surface area contributed by atoms with E-state index < -0.39 is 5.97 Å². The molecule has 0 radical (unpaired) electrons. The van der Waals surface area contributed by atoms with Crippen LogP contribution >= 0.6 is 0 Å². The average molecular weight is 262 g/mol. The first-order valence-electron chi connectivity index (χ1n) is 6.36. The quantitative estimate of drug-likeness (QED) is 0.811. The normalized spacial score (nSPS) is 10.8. The summed E-state index contributed by atoms with van der Waals surface area (Å²) in [6.07, 6.45) is 1.79. The van der Waals surface area contributed by atoms with Gasteiger partial charge in [-0.15, -0.1) is 0 Å². The summed E-state index contributed by atoms with van der Waals surface area (Å²) in [6, 6.07) is 5.91. The minimum atomic E-state index is -0.735. The first-order chi connectivity index (χ1) is 9.06. The lowest BCUT2D eigenvalue weighted by atomic mass is 10.2. The molecule has 0 amide bonds. The number of unbranched alkanes of at least 4 members (excludes halogenated alkanes) is 1. The summed E-state index contributed by atoms with van der Waals surface area (Å²) in [6.45, 7) is 2.65. The number of benzene rings is 1. The Morgan fingerprint density at radius 3 is 2.95 bits per heavy atom. The van der Waals surface area contributed by atoms with Gasteiger partial charge in [0.15, 0.2) is 11.5 Å². The van der Waals surface area contributed by atoms with Crippen molar-refractivity contribution in [2.75, 3.05) is 18.5 Å². The third-order valence-corrected chi connectivity index (χ3v) is 3.05. The molecule has 0 aliphatic rings. The molecule has 1 heterocycles. The molecular formula is C14H18N2O3. The van der Waals surface area contributed by atoms with Gasteiger partial charge < -0.3 is 14.4 Å². The summed E-state index contributed by atoms with van der Waals surface area (Å²) in [5.74, 6) is -0.0718. The molecule has 1 N–H and O–H groups in total. The first-order valence-corrected chi connectivity index (χ1v) is 6.36. The van der Waals surface area contributed by atoms with E-state index >= 15 is 0 Å². The molecule has 0 unspecified atom stereocenters. The van der Waals surface area contributed by atoms with Crippen LogP contribution in [0.1, 0.15) is 25.2 Å². The van der Waals surface area contributed by atoms with Crippen molar-refractivity contribution in [3.05, 3.63) is 24.1 Å². The molecule has 19 heavy (non-hydrogen) atoms. The van der Waals surface area contributed by atoms with Gasteiger partial charge in [-0.3, -0.25) is 4.79 Å². The zero-order valence-corrected chi connectivity index (χ0v) is 11.2. The van der Waals surface area contributed by atoms with E-state index in [1.54, 1.807) is 0 Å². The van der Waals surface area contributed by atoms with Crippen LogP contribution in [0.4, 0.5) is 5.69 Å². The van der Waals surface area contributed by atoms with Crippen LogP contribution in [0.3, 0.4) is 0 Å². The Morgan fingerprint density at radius 2 is 2.21 bits per heavy atom. The number of carboxylic acid groups (broad SMARTS) is 1. The zero-order valence-electron chi connectivity index (χ0n) is 11.2. The summed E-state index contributed by atoms with van der Waals surface area (Å²) in [4.78, 5) is 16.8. The van der Waals surface area contributed by atoms with Gasteiger partial charge in [0.1, 0.15) is 5.52 Å². The van der Waals surface area contributed by atoms with Crippen molar-refractivity contribution in [2.45, 2.75) is 26.2 Å². The Bertz CT molecular complexity index is 577. The monoisotopic (exact) mass is 262 g/mol. The van der Waals surface area contributed by atoms with Crippen LogP contribution in [0.5, 0.6) is 0 Å². The number of aliphatic carboxylic acids is 1. The molecule has 0 saturated heterocycles. The van der Waals surface area contributed by atoms with E-state index in [0.29, 0.717) is 12.3 Å². The molecule has 5 heteroatoms. The predicted molar refractivity (Wildman–Crippen MR) is 73.5 cm³/mol. The maximum Gasteiger partial charge on any atom is 0.303 e. The van der Waals surface area contributed by atoms with Gasteiger partial charge in [-0.25, -0.2) is 4.98 Å². The largest absolute Gasteiger partial charge is 0.481 e. The van der Waals surface area contributed by atoms with E-state index in [-0.39, 0.29) is 6.42 Å². The lowest BCUT2D eigenvalue weighted by Gasteiger charge is -2.18. The predicted octanol–water partition coefficient (Wildman–Crippen LogP) is 2.83. The Labute approximate surface area is 111 Å². The summed E-state index contributed by atoms with van der Waals surface area (Å²) >= 11 is 0. The number of oxazole rings is 1. The molecule has 0 bridgehead atoms. The van der Waals surface area contributed by atoms with Crippen molar-refractivity contribution >= 4 is 22.8 Å². The standard InChI is InChI=1S/C14H18N2O3/c1-10-15-12-7-6-11(9-13(12)19-10)16(2)8-4-3-5-14(17)18/h6-7,9H,3-5,8H2,1-2H3,(H,17,18). The molecule has 102 valence electrons. The highest BCUT2D eigenvalue weighted by atomic mass is 16.4.